The molecule has 2 saturated heterocycles. The Kier molecular flexibility index (Phi) is 5.75. The van der Waals surface area contributed by atoms with Crippen molar-refractivity contribution in [3.05, 3.63) is 23.4 Å². The maximum atomic E-state index is 9.76. The van der Waals surface area contributed by atoms with Crippen molar-refractivity contribution in [1.82, 2.24) is 14.8 Å². The Morgan fingerprint density at radius 3 is 2.43 bits per heavy atom. The second kappa shape index (κ2) is 7.79. The van der Waals surface area contributed by atoms with E-state index in [1.54, 1.807) is 6.20 Å². The number of pyridine rings is 1. The minimum Gasteiger partial charge on any atom is -0.396 e. The van der Waals surface area contributed by atoms with E-state index in [2.05, 4.69) is 26.6 Å². The van der Waals surface area contributed by atoms with Gasteiger partial charge in [-0.25, -0.2) is 4.98 Å². The summed E-state index contributed by atoms with van der Waals surface area (Å²) in [6.45, 7) is 11.2. The zero-order valence-corrected chi connectivity index (χ0v) is 14.6. The van der Waals surface area contributed by atoms with Crippen molar-refractivity contribution < 1.29 is 5.11 Å². The van der Waals surface area contributed by atoms with Crippen molar-refractivity contribution >= 4 is 17.4 Å². The van der Waals surface area contributed by atoms with Gasteiger partial charge >= 0.3 is 0 Å². The molecule has 0 aromatic carbocycles. The lowest BCUT2D eigenvalue weighted by Crippen LogP contribution is -2.48. The lowest BCUT2D eigenvalue weighted by atomic mass is 9.96. The standard InChI is InChI=1S/C17H27ClN4O/c1-2-20-5-7-21(8-6-20)10-14-11-22(12-15(14)13-23)17-4-3-16(18)9-19-17/h3-4,9,14-15,23H,2,5-8,10-13H2,1H3/t14-,15-/m1/s1. The van der Waals surface area contributed by atoms with Crippen molar-refractivity contribution in [3.8, 4) is 0 Å². The summed E-state index contributed by atoms with van der Waals surface area (Å²) in [5.41, 5.74) is 0. The monoisotopic (exact) mass is 338 g/mol. The number of hydrogen-bond acceptors (Lipinski definition) is 5. The van der Waals surface area contributed by atoms with Gasteiger partial charge in [-0.15, -0.1) is 0 Å². The summed E-state index contributed by atoms with van der Waals surface area (Å²) in [7, 11) is 0. The lowest BCUT2D eigenvalue weighted by molar-refractivity contribution is 0.106. The Hall–Kier alpha value is -0.880. The minimum absolute atomic E-state index is 0.254. The van der Waals surface area contributed by atoms with E-state index in [1.807, 2.05) is 12.1 Å². The van der Waals surface area contributed by atoms with E-state index in [0.717, 1.165) is 58.2 Å². The Labute approximate surface area is 143 Å². The Morgan fingerprint density at radius 2 is 1.83 bits per heavy atom. The van der Waals surface area contributed by atoms with Crippen LogP contribution in [0.1, 0.15) is 6.92 Å². The molecule has 3 heterocycles. The first-order chi connectivity index (χ1) is 11.2. The highest BCUT2D eigenvalue weighted by Gasteiger charge is 2.34. The van der Waals surface area contributed by atoms with Crippen LogP contribution in [0.5, 0.6) is 0 Å². The molecule has 0 bridgehead atoms. The molecule has 128 valence electrons. The summed E-state index contributed by atoms with van der Waals surface area (Å²) in [5.74, 6) is 1.80. The van der Waals surface area contributed by atoms with E-state index in [-0.39, 0.29) is 6.61 Å². The SMILES string of the molecule is CCN1CCN(C[C@@H]2CN(c3ccc(Cl)cn3)C[C@@H]2CO)CC1. The quantitative estimate of drug-likeness (QED) is 0.879. The van der Waals surface area contributed by atoms with E-state index in [0.29, 0.717) is 16.9 Å². The van der Waals surface area contributed by atoms with E-state index in [1.165, 1.54) is 0 Å². The van der Waals surface area contributed by atoms with E-state index in [4.69, 9.17) is 11.6 Å². The minimum atomic E-state index is 0.254. The predicted molar refractivity (Wildman–Crippen MR) is 94.1 cm³/mol. The molecule has 1 aromatic heterocycles. The van der Waals surface area contributed by atoms with Crippen LogP contribution in [0, 0.1) is 11.8 Å². The molecule has 2 fully saturated rings. The Morgan fingerprint density at radius 1 is 1.13 bits per heavy atom. The summed E-state index contributed by atoms with van der Waals surface area (Å²) in [4.78, 5) is 11.8. The van der Waals surface area contributed by atoms with Crippen molar-refractivity contribution in [2.24, 2.45) is 11.8 Å². The third-order valence-corrected chi connectivity index (χ3v) is 5.48. The molecule has 6 heteroatoms. The molecule has 0 spiro atoms. The first-order valence-corrected chi connectivity index (χ1v) is 8.99. The van der Waals surface area contributed by atoms with Gasteiger partial charge in [0.15, 0.2) is 0 Å². The first-order valence-electron chi connectivity index (χ1n) is 8.61. The average Bonchev–Trinajstić information content (AvgIpc) is 2.99. The number of likely N-dealkylation sites (N-methyl/N-ethyl adjacent to an activating group) is 1. The molecule has 2 aliphatic rings. The fourth-order valence-electron chi connectivity index (χ4n) is 3.71. The molecule has 5 nitrogen and oxygen atoms in total. The van der Waals surface area contributed by atoms with Crippen molar-refractivity contribution in [2.75, 3.05) is 63.9 Å². The Balaban J connectivity index is 1.58. The fourth-order valence-corrected chi connectivity index (χ4v) is 3.83. The lowest BCUT2D eigenvalue weighted by Gasteiger charge is -2.36. The molecule has 0 unspecified atom stereocenters. The summed E-state index contributed by atoms with van der Waals surface area (Å²) >= 11 is 5.92. The highest BCUT2D eigenvalue weighted by Crippen LogP contribution is 2.28. The van der Waals surface area contributed by atoms with Gasteiger partial charge in [-0.05, 0) is 24.6 Å². The van der Waals surface area contributed by atoms with Crippen molar-refractivity contribution in [1.29, 1.82) is 0 Å². The number of nitrogens with zero attached hydrogens (tertiary/aromatic N) is 4. The van der Waals surface area contributed by atoms with Crippen LogP contribution in [0.15, 0.2) is 18.3 Å². The summed E-state index contributed by atoms with van der Waals surface area (Å²) < 4.78 is 0. The second-order valence-corrected chi connectivity index (χ2v) is 7.11. The average molecular weight is 339 g/mol. The fraction of sp³-hybridized carbons (Fsp3) is 0.706. The maximum absolute atomic E-state index is 9.76. The summed E-state index contributed by atoms with van der Waals surface area (Å²) in [6.07, 6.45) is 1.70. The molecule has 0 amide bonds. The van der Waals surface area contributed by atoms with Crippen LogP contribution < -0.4 is 4.90 Å². The van der Waals surface area contributed by atoms with Gasteiger partial charge in [0.25, 0.3) is 0 Å². The van der Waals surface area contributed by atoms with E-state index < -0.39 is 0 Å². The van der Waals surface area contributed by atoms with Gasteiger partial charge in [0.05, 0.1) is 5.02 Å². The van der Waals surface area contributed by atoms with Gasteiger partial charge in [-0.1, -0.05) is 18.5 Å². The largest absolute Gasteiger partial charge is 0.396 e. The highest BCUT2D eigenvalue weighted by molar-refractivity contribution is 6.30. The Bertz CT molecular complexity index is 490. The van der Waals surface area contributed by atoms with Gasteiger partial charge in [-0.3, -0.25) is 0 Å². The van der Waals surface area contributed by atoms with Gasteiger partial charge in [0.1, 0.15) is 5.82 Å². The smallest absolute Gasteiger partial charge is 0.128 e. The number of anilines is 1. The normalized spacial score (nSPS) is 26.8. The molecule has 1 N–H and O–H groups in total. The topological polar surface area (TPSA) is 42.8 Å². The number of hydrogen-bond donors (Lipinski definition) is 1. The molecular formula is C17H27ClN4O. The molecule has 2 aliphatic heterocycles. The number of halogens is 1. The molecule has 0 radical (unpaired) electrons. The second-order valence-electron chi connectivity index (χ2n) is 6.68. The molecular weight excluding hydrogens is 312 g/mol. The number of aliphatic hydroxyl groups is 1. The number of aliphatic hydroxyl groups excluding tert-OH is 1. The molecule has 3 rings (SSSR count). The van der Waals surface area contributed by atoms with Gasteiger partial charge in [-0.2, -0.15) is 0 Å². The van der Waals surface area contributed by atoms with Crippen LogP contribution in [0.25, 0.3) is 0 Å². The van der Waals surface area contributed by atoms with Gasteiger partial charge < -0.3 is 19.8 Å². The zero-order valence-electron chi connectivity index (χ0n) is 13.9. The maximum Gasteiger partial charge on any atom is 0.128 e. The van der Waals surface area contributed by atoms with Crippen LogP contribution in [0.2, 0.25) is 5.02 Å². The van der Waals surface area contributed by atoms with E-state index in [9.17, 15) is 5.11 Å². The van der Waals surface area contributed by atoms with E-state index >= 15 is 0 Å². The molecule has 0 saturated carbocycles. The van der Waals surface area contributed by atoms with Crippen LogP contribution in [0.3, 0.4) is 0 Å². The van der Waals surface area contributed by atoms with Crippen LogP contribution >= 0.6 is 11.6 Å². The number of piperazine rings is 1. The molecule has 1 aromatic rings. The van der Waals surface area contributed by atoms with Crippen LogP contribution in [-0.2, 0) is 0 Å². The first kappa shape index (κ1) is 17.0. The van der Waals surface area contributed by atoms with Crippen molar-refractivity contribution in [2.45, 2.75) is 6.92 Å². The summed E-state index contributed by atoms with van der Waals surface area (Å²) in [5, 5.41) is 10.4. The molecule has 23 heavy (non-hydrogen) atoms. The summed E-state index contributed by atoms with van der Waals surface area (Å²) in [6, 6.07) is 3.86. The van der Waals surface area contributed by atoms with Gasteiger partial charge in [0, 0.05) is 64.5 Å². The number of rotatable bonds is 5. The zero-order chi connectivity index (χ0) is 16.2. The highest BCUT2D eigenvalue weighted by atomic mass is 35.5. The van der Waals surface area contributed by atoms with Crippen molar-refractivity contribution in [3.63, 3.8) is 0 Å². The van der Waals surface area contributed by atoms with Crippen LogP contribution in [-0.4, -0.2) is 78.9 Å². The van der Waals surface area contributed by atoms with Crippen LogP contribution in [0.4, 0.5) is 5.82 Å². The van der Waals surface area contributed by atoms with Gasteiger partial charge in [0.2, 0.25) is 0 Å². The number of aromatic nitrogens is 1. The molecule has 0 aliphatic carbocycles. The third-order valence-electron chi connectivity index (χ3n) is 5.25. The molecule has 2 atom stereocenters. The predicted octanol–water partition coefficient (Wildman–Crippen LogP) is 1.42. The third kappa shape index (κ3) is 4.15.